The number of halogens is 2. The summed E-state index contributed by atoms with van der Waals surface area (Å²) in [5, 5.41) is 3.82. The molecule has 1 amide bonds. The predicted molar refractivity (Wildman–Crippen MR) is 142 cm³/mol. The molecule has 1 N–H and O–H groups in total. The van der Waals surface area contributed by atoms with E-state index in [-0.39, 0.29) is 22.2 Å². The largest absolute Gasteiger partial charge is 0.354 e. The molecule has 0 radical (unpaired) electrons. The van der Waals surface area contributed by atoms with E-state index in [0.717, 1.165) is 38.4 Å². The van der Waals surface area contributed by atoms with Crippen molar-refractivity contribution in [2.75, 3.05) is 23.1 Å². The number of anilines is 1. The van der Waals surface area contributed by atoms with Crippen molar-refractivity contribution >= 4 is 56.6 Å². The third kappa shape index (κ3) is 7.15. The average Bonchev–Trinajstić information content (AvgIpc) is 2.81. The van der Waals surface area contributed by atoms with Crippen LogP contribution in [0.4, 0.5) is 5.69 Å². The lowest BCUT2D eigenvalue weighted by Crippen LogP contribution is -2.41. The fraction of sp³-hybridized carbons (Fsp3) is 0.240. The molecule has 0 atom stereocenters. The molecule has 3 rings (SSSR count). The molecule has 0 unspecified atom stereocenters. The number of para-hydroxylation sites is 1. The van der Waals surface area contributed by atoms with Gasteiger partial charge in [0.15, 0.2) is 0 Å². The van der Waals surface area contributed by atoms with Crippen LogP contribution in [0.2, 0.25) is 10.0 Å². The molecule has 3 aromatic carbocycles. The minimum atomic E-state index is -3.99. The molecule has 3 aromatic rings. The zero-order valence-electron chi connectivity index (χ0n) is 18.7. The maximum atomic E-state index is 13.4. The number of nitrogens with zero attached hydrogens (tertiary/aromatic N) is 1. The summed E-state index contributed by atoms with van der Waals surface area (Å²) in [6.45, 7) is 1.95. The van der Waals surface area contributed by atoms with Crippen LogP contribution in [0.15, 0.2) is 77.7 Å². The summed E-state index contributed by atoms with van der Waals surface area (Å²) in [6, 6.07) is 20.8. The molecule has 0 aliphatic rings. The molecular weight excluding hydrogens is 511 g/mol. The van der Waals surface area contributed by atoms with Crippen molar-refractivity contribution in [1.29, 1.82) is 0 Å². The number of amides is 1. The van der Waals surface area contributed by atoms with Gasteiger partial charge >= 0.3 is 0 Å². The third-order valence-electron chi connectivity index (χ3n) is 5.02. The summed E-state index contributed by atoms with van der Waals surface area (Å²) in [5.74, 6) is 1.23. The fourth-order valence-electron chi connectivity index (χ4n) is 3.18. The van der Waals surface area contributed by atoms with Crippen molar-refractivity contribution in [1.82, 2.24) is 5.32 Å². The molecule has 0 aromatic heterocycles. The number of benzene rings is 3. The number of thioether (sulfide) groups is 1. The van der Waals surface area contributed by atoms with Crippen LogP contribution in [0, 0.1) is 6.92 Å². The Morgan fingerprint density at radius 2 is 1.59 bits per heavy atom. The first-order valence-corrected chi connectivity index (χ1v) is 14.1. The minimum absolute atomic E-state index is 0.0989. The van der Waals surface area contributed by atoms with Crippen LogP contribution in [0.3, 0.4) is 0 Å². The lowest BCUT2D eigenvalue weighted by atomic mass is 10.2. The zero-order chi connectivity index (χ0) is 24.6. The van der Waals surface area contributed by atoms with Crippen molar-refractivity contribution in [3.63, 3.8) is 0 Å². The molecule has 0 aliphatic heterocycles. The van der Waals surface area contributed by atoms with Crippen molar-refractivity contribution in [2.24, 2.45) is 0 Å². The highest BCUT2D eigenvalue weighted by molar-refractivity contribution is 7.98. The standard InChI is InChI=1S/C25H26Cl2N2O3S2/c1-19-11-13-21(14-12-19)34(31,32)29(24-10-5-4-9-23(24)27)17-25(30)28-15-6-16-33-18-20-7-2-3-8-22(20)26/h2-5,7-14H,6,15-18H2,1H3,(H,28,30). The van der Waals surface area contributed by atoms with Gasteiger partial charge in [0.1, 0.15) is 6.54 Å². The maximum absolute atomic E-state index is 13.4. The van der Waals surface area contributed by atoms with Crippen molar-refractivity contribution in [2.45, 2.75) is 24.0 Å². The van der Waals surface area contributed by atoms with Crippen LogP contribution >= 0.6 is 35.0 Å². The molecule has 0 fully saturated rings. The van der Waals surface area contributed by atoms with Gasteiger partial charge in [0, 0.05) is 17.3 Å². The molecule has 0 heterocycles. The van der Waals surface area contributed by atoms with E-state index in [9.17, 15) is 13.2 Å². The number of carbonyl (C=O) groups excluding carboxylic acids is 1. The minimum Gasteiger partial charge on any atom is -0.354 e. The Hall–Kier alpha value is -2.19. The van der Waals surface area contributed by atoms with E-state index in [1.807, 2.05) is 31.2 Å². The Balaban J connectivity index is 1.60. The second-order valence-corrected chi connectivity index (χ2v) is 11.4. The molecule has 9 heteroatoms. The highest BCUT2D eigenvalue weighted by Crippen LogP contribution is 2.30. The highest BCUT2D eigenvalue weighted by atomic mass is 35.5. The summed E-state index contributed by atoms with van der Waals surface area (Å²) < 4.78 is 27.8. The second-order valence-electron chi connectivity index (χ2n) is 7.62. The first kappa shape index (κ1) is 26.4. The van der Waals surface area contributed by atoms with Gasteiger partial charge in [0.2, 0.25) is 5.91 Å². The Morgan fingerprint density at radius 3 is 2.26 bits per heavy atom. The molecule has 34 heavy (non-hydrogen) atoms. The van der Waals surface area contributed by atoms with Gasteiger partial charge in [-0.15, -0.1) is 0 Å². The maximum Gasteiger partial charge on any atom is 0.264 e. The molecule has 0 saturated heterocycles. The first-order valence-electron chi connectivity index (χ1n) is 10.7. The van der Waals surface area contributed by atoms with Gasteiger partial charge in [0.05, 0.1) is 15.6 Å². The van der Waals surface area contributed by atoms with E-state index in [0.29, 0.717) is 6.54 Å². The quantitative estimate of drug-likeness (QED) is 0.308. The van der Waals surface area contributed by atoms with E-state index in [2.05, 4.69) is 5.32 Å². The highest BCUT2D eigenvalue weighted by Gasteiger charge is 2.28. The normalized spacial score (nSPS) is 11.3. The average molecular weight is 538 g/mol. The third-order valence-corrected chi connectivity index (χ3v) is 8.58. The lowest BCUT2D eigenvalue weighted by Gasteiger charge is -2.25. The number of aryl methyl sites for hydroxylation is 1. The predicted octanol–water partition coefficient (Wildman–Crippen LogP) is 5.94. The molecule has 0 aliphatic carbocycles. The molecule has 5 nitrogen and oxygen atoms in total. The van der Waals surface area contributed by atoms with E-state index < -0.39 is 15.9 Å². The second kappa shape index (κ2) is 12.5. The topological polar surface area (TPSA) is 66.5 Å². The number of hydrogen-bond donors (Lipinski definition) is 1. The summed E-state index contributed by atoms with van der Waals surface area (Å²) in [6.07, 6.45) is 0.748. The first-order chi connectivity index (χ1) is 16.3. The van der Waals surface area contributed by atoms with E-state index >= 15 is 0 Å². The van der Waals surface area contributed by atoms with Crippen LogP contribution in [0.25, 0.3) is 0 Å². The van der Waals surface area contributed by atoms with Crippen LogP contribution < -0.4 is 9.62 Å². The number of hydrogen-bond acceptors (Lipinski definition) is 4. The molecular formula is C25H26Cl2N2O3S2. The number of sulfonamides is 1. The monoisotopic (exact) mass is 536 g/mol. The number of carbonyl (C=O) groups is 1. The van der Waals surface area contributed by atoms with Crippen LogP contribution in [-0.2, 0) is 20.6 Å². The van der Waals surface area contributed by atoms with E-state index in [1.165, 1.54) is 12.1 Å². The summed E-state index contributed by atoms with van der Waals surface area (Å²) >= 11 is 14.2. The Labute approximate surface area is 215 Å². The van der Waals surface area contributed by atoms with Gasteiger partial charge in [-0.2, -0.15) is 11.8 Å². The van der Waals surface area contributed by atoms with Gasteiger partial charge in [-0.25, -0.2) is 8.42 Å². The lowest BCUT2D eigenvalue weighted by molar-refractivity contribution is -0.119. The number of rotatable bonds is 11. The summed E-state index contributed by atoms with van der Waals surface area (Å²) in [7, 11) is -3.99. The summed E-state index contributed by atoms with van der Waals surface area (Å²) in [4.78, 5) is 12.8. The zero-order valence-corrected chi connectivity index (χ0v) is 21.9. The van der Waals surface area contributed by atoms with Crippen LogP contribution in [-0.4, -0.2) is 33.2 Å². The van der Waals surface area contributed by atoms with Gasteiger partial charge < -0.3 is 5.32 Å². The van der Waals surface area contributed by atoms with Gasteiger partial charge in [-0.1, -0.05) is 71.2 Å². The van der Waals surface area contributed by atoms with Gasteiger partial charge in [0.25, 0.3) is 10.0 Å². The molecule has 180 valence electrons. The van der Waals surface area contributed by atoms with E-state index in [4.69, 9.17) is 23.2 Å². The Kier molecular flexibility index (Phi) is 9.71. The van der Waals surface area contributed by atoms with Crippen LogP contribution in [0.1, 0.15) is 17.5 Å². The SMILES string of the molecule is Cc1ccc(S(=O)(=O)N(CC(=O)NCCCSCc2ccccc2Cl)c2ccccc2Cl)cc1. The molecule has 0 spiro atoms. The van der Waals surface area contributed by atoms with E-state index in [1.54, 1.807) is 48.2 Å². The van der Waals surface area contributed by atoms with Crippen molar-refractivity contribution in [3.05, 3.63) is 94.0 Å². The molecule has 0 saturated carbocycles. The van der Waals surface area contributed by atoms with Crippen LogP contribution in [0.5, 0.6) is 0 Å². The summed E-state index contributed by atoms with van der Waals surface area (Å²) in [5.41, 5.74) is 2.28. The molecule has 0 bridgehead atoms. The van der Waals surface area contributed by atoms with Crippen molar-refractivity contribution < 1.29 is 13.2 Å². The Bertz CT molecular complexity index is 1220. The van der Waals surface area contributed by atoms with Gasteiger partial charge in [-0.3, -0.25) is 9.10 Å². The Morgan fingerprint density at radius 1 is 0.941 bits per heavy atom. The number of nitrogens with one attached hydrogen (secondary N) is 1. The fourth-order valence-corrected chi connectivity index (χ4v) is 6.15. The van der Waals surface area contributed by atoms with Gasteiger partial charge in [-0.05, 0) is 55.0 Å². The van der Waals surface area contributed by atoms with Crippen molar-refractivity contribution in [3.8, 4) is 0 Å². The smallest absolute Gasteiger partial charge is 0.264 e.